The van der Waals surface area contributed by atoms with Crippen LogP contribution in [0, 0.1) is 5.92 Å². The van der Waals surface area contributed by atoms with Crippen LogP contribution in [0.25, 0.3) is 0 Å². The molecule has 0 spiro atoms. The lowest BCUT2D eigenvalue weighted by Crippen LogP contribution is -2.28. The topological polar surface area (TPSA) is 83.9 Å². The molecule has 6 nitrogen and oxygen atoms in total. The van der Waals surface area contributed by atoms with Gasteiger partial charge >= 0.3 is 5.97 Å². The second-order valence-corrected chi connectivity index (χ2v) is 7.09. The van der Waals surface area contributed by atoms with Crippen molar-refractivity contribution in [3.8, 4) is 5.75 Å². The van der Waals surface area contributed by atoms with E-state index in [1.807, 2.05) is 6.92 Å². The monoisotopic (exact) mass is 313 g/mol. The molecular formula is C14H19NO5S. The maximum Gasteiger partial charge on any atom is 0.339 e. The quantitative estimate of drug-likeness (QED) is 0.896. The van der Waals surface area contributed by atoms with Gasteiger partial charge in [0.2, 0.25) is 10.0 Å². The zero-order valence-corrected chi connectivity index (χ0v) is 12.9. The Morgan fingerprint density at radius 2 is 2.19 bits per heavy atom. The third-order valence-corrected chi connectivity index (χ3v) is 5.37. The Morgan fingerprint density at radius 1 is 1.48 bits per heavy atom. The number of carboxylic acid groups (broad SMARTS) is 1. The molecule has 7 heteroatoms. The predicted molar refractivity (Wildman–Crippen MR) is 77.1 cm³/mol. The molecule has 1 aliphatic rings. The smallest absolute Gasteiger partial charge is 0.339 e. The summed E-state index contributed by atoms with van der Waals surface area (Å²) in [6.45, 7) is 4.99. The summed E-state index contributed by atoms with van der Waals surface area (Å²) in [5.74, 6) is -0.703. The van der Waals surface area contributed by atoms with E-state index in [4.69, 9.17) is 4.74 Å². The summed E-state index contributed by atoms with van der Waals surface area (Å²) < 4.78 is 31.7. The van der Waals surface area contributed by atoms with Crippen LogP contribution in [0.2, 0.25) is 0 Å². The van der Waals surface area contributed by atoms with Crippen LogP contribution in [-0.2, 0) is 10.0 Å². The lowest BCUT2D eigenvalue weighted by molar-refractivity contribution is 0.0692. The molecule has 1 N–H and O–H groups in total. The fourth-order valence-electron chi connectivity index (χ4n) is 2.38. The van der Waals surface area contributed by atoms with Crippen molar-refractivity contribution in [1.82, 2.24) is 4.31 Å². The Morgan fingerprint density at radius 3 is 2.71 bits per heavy atom. The molecule has 0 amide bonds. The Balaban J connectivity index is 2.40. The molecule has 1 unspecified atom stereocenters. The highest BCUT2D eigenvalue weighted by Gasteiger charge is 2.31. The molecule has 1 aromatic carbocycles. The van der Waals surface area contributed by atoms with Gasteiger partial charge in [-0.15, -0.1) is 0 Å². The van der Waals surface area contributed by atoms with E-state index in [0.29, 0.717) is 25.6 Å². The molecule has 0 aliphatic carbocycles. The van der Waals surface area contributed by atoms with Crippen LogP contribution in [0.15, 0.2) is 23.1 Å². The molecule has 1 atom stereocenters. The van der Waals surface area contributed by atoms with Gasteiger partial charge in [0.1, 0.15) is 11.3 Å². The zero-order chi connectivity index (χ0) is 15.6. The van der Waals surface area contributed by atoms with Crippen molar-refractivity contribution in [2.45, 2.75) is 25.2 Å². The SMILES string of the molecule is CCOc1ccc(S(=O)(=O)N2CCC(C)C2)cc1C(=O)O. The highest BCUT2D eigenvalue weighted by atomic mass is 32.2. The van der Waals surface area contributed by atoms with E-state index >= 15 is 0 Å². The Kier molecular flexibility index (Phi) is 4.53. The zero-order valence-electron chi connectivity index (χ0n) is 12.1. The van der Waals surface area contributed by atoms with Gasteiger partial charge in [0.25, 0.3) is 0 Å². The number of rotatable bonds is 5. The molecule has 0 aromatic heterocycles. The minimum atomic E-state index is -3.64. The van der Waals surface area contributed by atoms with Crippen molar-refractivity contribution >= 4 is 16.0 Å². The first-order chi connectivity index (χ1) is 9.86. The highest BCUT2D eigenvalue weighted by molar-refractivity contribution is 7.89. The number of sulfonamides is 1. The molecule has 1 heterocycles. The standard InChI is InChI=1S/C14H19NO5S/c1-3-20-13-5-4-11(8-12(13)14(16)17)21(18,19)15-7-6-10(2)9-15/h4-5,8,10H,3,6-7,9H2,1-2H3,(H,16,17). The van der Waals surface area contributed by atoms with Crippen LogP contribution in [0.3, 0.4) is 0 Å². The first-order valence-corrected chi connectivity index (χ1v) is 8.30. The molecule has 2 rings (SSSR count). The summed E-state index contributed by atoms with van der Waals surface area (Å²) in [6, 6.07) is 3.97. The van der Waals surface area contributed by atoms with Crippen LogP contribution in [0.5, 0.6) is 5.75 Å². The lowest BCUT2D eigenvalue weighted by Gasteiger charge is -2.17. The minimum Gasteiger partial charge on any atom is -0.493 e. The number of carboxylic acids is 1. The van der Waals surface area contributed by atoms with Gasteiger partial charge in [-0.05, 0) is 37.5 Å². The van der Waals surface area contributed by atoms with Crippen molar-refractivity contribution in [3.05, 3.63) is 23.8 Å². The fourth-order valence-corrected chi connectivity index (χ4v) is 3.98. The minimum absolute atomic E-state index is 0.00236. The van der Waals surface area contributed by atoms with Crippen LogP contribution < -0.4 is 4.74 Å². The molecule has 1 aliphatic heterocycles. The first kappa shape index (κ1) is 15.8. The van der Waals surface area contributed by atoms with E-state index in [-0.39, 0.29) is 16.2 Å². The van der Waals surface area contributed by atoms with Gasteiger partial charge in [0.15, 0.2) is 0 Å². The molecular weight excluding hydrogens is 294 g/mol. The van der Waals surface area contributed by atoms with Crippen molar-refractivity contribution in [2.75, 3.05) is 19.7 Å². The third kappa shape index (κ3) is 3.19. The fraction of sp³-hybridized carbons (Fsp3) is 0.500. The predicted octanol–water partition coefficient (Wildman–Crippen LogP) is 1.81. The van der Waals surface area contributed by atoms with Crippen LogP contribution >= 0.6 is 0 Å². The maximum absolute atomic E-state index is 12.5. The number of carbonyl (C=O) groups is 1. The summed E-state index contributed by atoms with van der Waals surface area (Å²) in [5, 5.41) is 9.20. The van der Waals surface area contributed by atoms with Gasteiger partial charge < -0.3 is 9.84 Å². The number of hydrogen-bond donors (Lipinski definition) is 1. The Hall–Kier alpha value is -1.60. The molecule has 116 valence electrons. The first-order valence-electron chi connectivity index (χ1n) is 6.86. The second kappa shape index (κ2) is 6.03. The van der Waals surface area contributed by atoms with Crippen molar-refractivity contribution < 1.29 is 23.1 Å². The summed E-state index contributed by atoms with van der Waals surface area (Å²) >= 11 is 0. The van der Waals surface area contributed by atoms with Crippen LogP contribution in [0.1, 0.15) is 30.6 Å². The van der Waals surface area contributed by atoms with Crippen LogP contribution in [0.4, 0.5) is 0 Å². The number of ether oxygens (including phenoxy) is 1. The lowest BCUT2D eigenvalue weighted by atomic mass is 10.2. The van der Waals surface area contributed by atoms with E-state index in [2.05, 4.69) is 0 Å². The van der Waals surface area contributed by atoms with Crippen molar-refractivity contribution in [3.63, 3.8) is 0 Å². The van der Waals surface area contributed by atoms with Crippen LogP contribution in [-0.4, -0.2) is 43.5 Å². The van der Waals surface area contributed by atoms with E-state index < -0.39 is 16.0 Å². The van der Waals surface area contributed by atoms with Crippen molar-refractivity contribution in [2.24, 2.45) is 5.92 Å². The van der Waals surface area contributed by atoms with E-state index in [9.17, 15) is 18.3 Å². The average Bonchev–Trinajstić information content (AvgIpc) is 2.86. The summed E-state index contributed by atoms with van der Waals surface area (Å²) in [4.78, 5) is 11.3. The maximum atomic E-state index is 12.5. The van der Waals surface area contributed by atoms with E-state index in [1.165, 1.54) is 22.5 Å². The van der Waals surface area contributed by atoms with Gasteiger partial charge in [-0.25, -0.2) is 13.2 Å². The number of benzene rings is 1. The van der Waals surface area contributed by atoms with Gasteiger partial charge in [0, 0.05) is 13.1 Å². The molecule has 0 radical (unpaired) electrons. The van der Waals surface area contributed by atoms with Gasteiger partial charge in [-0.3, -0.25) is 0 Å². The molecule has 1 saturated heterocycles. The van der Waals surface area contributed by atoms with Gasteiger partial charge in [-0.1, -0.05) is 6.92 Å². The summed E-state index contributed by atoms with van der Waals surface area (Å²) in [5.41, 5.74) is -0.134. The Bertz CT molecular complexity index is 641. The molecule has 0 saturated carbocycles. The summed E-state index contributed by atoms with van der Waals surface area (Å²) in [7, 11) is -3.64. The largest absolute Gasteiger partial charge is 0.493 e. The molecule has 21 heavy (non-hydrogen) atoms. The molecule has 1 aromatic rings. The normalized spacial score (nSPS) is 19.6. The van der Waals surface area contributed by atoms with E-state index in [0.717, 1.165) is 6.42 Å². The third-order valence-electron chi connectivity index (χ3n) is 3.51. The van der Waals surface area contributed by atoms with Crippen molar-refractivity contribution in [1.29, 1.82) is 0 Å². The van der Waals surface area contributed by atoms with Gasteiger partial charge in [0.05, 0.1) is 11.5 Å². The summed E-state index contributed by atoms with van der Waals surface area (Å²) in [6.07, 6.45) is 0.821. The molecule has 0 bridgehead atoms. The molecule has 1 fully saturated rings. The number of nitrogens with zero attached hydrogens (tertiary/aromatic N) is 1. The van der Waals surface area contributed by atoms with Gasteiger partial charge in [-0.2, -0.15) is 4.31 Å². The average molecular weight is 313 g/mol. The Labute approximate surface area is 124 Å². The number of aromatic carboxylic acids is 1. The highest BCUT2D eigenvalue weighted by Crippen LogP contribution is 2.28. The second-order valence-electron chi connectivity index (χ2n) is 5.15. The number of hydrogen-bond acceptors (Lipinski definition) is 4. The van der Waals surface area contributed by atoms with E-state index in [1.54, 1.807) is 6.92 Å².